The zero-order chi connectivity index (χ0) is 17.7. The van der Waals surface area contributed by atoms with Gasteiger partial charge in [-0.05, 0) is 44.4 Å². The van der Waals surface area contributed by atoms with Crippen LogP contribution in [0.1, 0.15) is 0 Å². The van der Waals surface area contributed by atoms with Crippen LogP contribution in [0.5, 0.6) is 11.5 Å². The summed E-state index contributed by atoms with van der Waals surface area (Å²) >= 11 is 0. The molecule has 4 aromatic rings. The normalized spacial score (nSPS) is 13.3. The van der Waals surface area contributed by atoms with Crippen molar-refractivity contribution in [1.82, 2.24) is 14.3 Å². The molecule has 0 spiro atoms. The monoisotopic (exact) mass is 349 g/mol. The van der Waals surface area contributed by atoms with E-state index in [9.17, 15) is 0 Å². The minimum absolute atomic E-state index is 0.292. The number of nitrogens with one attached hydrogen (secondary N) is 1. The third-order valence-corrected chi connectivity index (χ3v) is 4.87. The van der Waals surface area contributed by atoms with Gasteiger partial charge in [0.1, 0.15) is 22.9 Å². The van der Waals surface area contributed by atoms with Gasteiger partial charge in [-0.1, -0.05) is 12.1 Å². The Morgan fingerprint density at radius 3 is 2.85 bits per heavy atom. The maximum atomic E-state index is 5.52. The van der Waals surface area contributed by atoms with Gasteiger partial charge in [-0.15, -0.1) is 0 Å². The van der Waals surface area contributed by atoms with Crippen molar-refractivity contribution >= 4 is 16.8 Å². The van der Waals surface area contributed by atoms with E-state index in [2.05, 4.69) is 69.5 Å². The van der Waals surface area contributed by atoms with Crippen LogP contribution in [0.15, 0.2) is 48.7 Å². The summed E-state index contributed by atoms with van der Waals surface area (Å²) in [4.78, 5) is 5.80. The number of H-pyrrole nitrogens is 1. The van der Waals surface area contributed by atoms with Crippen LogP contribution in [0.4, 0.5) is 0 Å². The molecule has 0 bridgehead atoms. The second-order valence-electron chi connectivity index (χ2n) is 6.87. The number of benzene rings is 2. The summed E-state index contributed by atoms with van der Waals surface area (Å²) < 4.78 is 15.5. The fraction of sp³-hybridized carbons (Fsp3) is 0.250. The van der Waals surface area contributed by atoms with Crippen molar-refractivity contribution in [2.45, 2.75) is 6.54 Å². The van der Waals surface area contributed by atoms with E-state index < -0.39 is 0 Å². The van der Waals surface area contributed by atoms with E-state index in [-0.39, 0.29) is 0 Å². The van der Waals surface area contributed by atoms with Gasteiger partial charge in [0.25, 0.3) is 0 Å². The molecule has 0 saturated carbocycles. The first-order valence-electron chi connectivity index (χ1n) is 8.77. The Morgan fingerprint density at radius 2 is 1.96 bits per heavy atom. The molecule has 132 valence electrons. The topological polar surface area (TPSA) is 45.8 Å². The van der Waals surface area contributed by atoms with Crippen LogP contribution in [-0.4, -0.2) is 41.7 Å². The highest BCUT2D eigenvalue weighted by molar-refractivity contribution is 5.77. The van der Waals surface area contributed by atoms with Crippen LogP contribution in [0.25, 0.3) is 28.1 Å². The number of para-hydroxylation sites is 2. The number of rotatable bonds is 4. The standard InChI is InChI=1S/C20H20N4O2/c1-22(2)9-10-23-16-5-3-4-6-17(16)24-12-15(21-20(23)24)14-7-8-18-19(11-14)26-13-25-18/h3-8,11-12H,9-10,13H2,1-2H3/p+1. The van der Waals surface area contributed by atoms with Crippen LogP contribution in [0.2, 0.25) is 0 Å². The molecule has 1 aliphatic heterocycles. The summed E-state index contributed by atoms with van der Waals surface area (Å²) in [6, 6.07) is 14.6. The van der Waals surface area contributed by atoms with Gasteiger partial charge >= 0.3 is 5.78 Å². The van der Waals surface area contributed by atoms with Gasteiger partial charge < -0.3 is 14.4 Å². The predicted octanol–water partition coefficient (Wildman–Crippen LogP) is 2.67. The lowest BCUT2D eigenvalue weighted by molar-refractivity contribution is -0.647. The van der Waals surface area contributed by atoms with Crippen molar-refractivity contribution in [1.29, 1.82) is 0 Å². The van der Waals surface area contributed by atoms with Gasteiger partial charge in [-0.2, -0.15) is 4.40 Å². The quantitative estimate of drug-likeness (QED) is 0.576. The number of hydrogen-bond donors (Lipinski definition) is 1. The van der Waals surface area contributed by atoms with Gasteiger partial charge in [0.15, 0.2) is 11.5 Å². The van der Waals surface area contributed by atoms with E-state index in [1.807, 2.05) is 12.1 Å². The molecule has 0 saturated heterocycles. The van der Waals surface area contributed by atoms with Crippen LogP contribution in [-0.2, 0) is 6.54 Å². The lowest BCUT2D eigenvalue weighted by atomic mass is 10.1. The molecular formula is C20H21N4O2+. The molecule has 0 fully saturated rings. The Bertz CT molecular complexity index is 1110. The third kappa shape index (κ3) is 2.34. The second kappa shape index (κ2) is 5.78. The highest BCUT2D eigenvalue weighted by Crippen LogP contribution is 2.35. The number of aromatic nitrogens is 3. The highest BCUT2D eigenvalue weighted by atomic mass is 16.7. The molecule has 0 radical (unpaired) electrons. The second-order valence-corrected chi connectivity index (χ2v) is 6.87. The molecule has 6 heteroatoms. The number of fused-ring (bicyclic) bond motifs is 4. The summed E-state index contributed by atoms with van der Waals surface area (Å²) in [6.45, 7) is 2.19. The van der Waals surface area contributed by atoms with Crippen molar-refractivity contribution < 1.29 is 14.0 Å². The maximum Gasteiger partial charge on any atom is 0.368 e. The number of ether oxygens (including phenoxy) is 2. The first-order chi connectivity index (χ1) is 12.7. The molecule has 2 aromatic carbocycles. The van der Waals surface area contributed by atoms with Crippen LogP contribution in [0, 0.1) is 0 Å². The lowest BCUT2D eigenvalue weighted by Crippen LogP contribution is -2.38. The zero-order valence-electron chi connectivity index (χ0n) is 14.9. The van der Waals surface area contributed by atoms with Crippen molar-refractivity contribution in [2.75, 3.05) is 27.4 Å². The minimum Gasteiger partial charge on any atom is -0.454 e. The molecule has 0 atom stereocenters. The van der Waals surface area contributed by atoms with E-state index in [4.69, 9.17) is 9.47 Å². The molecule has 5 rings (SSSR count). The molecule has 0 amide bonds. The Kier molecular flexibility index (Phi) is 3.39. The summed E-state index contributed by atoms with van der Waals surface area (Å²) in [7, 11) is 4.20. The molecule has 6 nitrogen and oxygen atoms in total. The van der Waals surface area contributed by atoms with Gasteiger partial charge in [-0.25, -0.2) is 9.55 Å². The largest absolute Gasteiger partial charge is 0.454 e. The van der Waals surface area contributed by atoms with Crippen LogP contribution < -0.4 is 14.0 Å². The SMILES string of the molecule is CN(C)CC[n+]1c2ccccc2n2cc(-c3ccc4c(c3)OCO4)[nH]c21. The zero-order valence-corrected chi connectivity index (χ0v) is 14.9. The average molecular weight is 349 g/mol. The molecule has 1 aliphatic rings. The molecule has 26 heavy (non-hydrogen) atoms. The van der Waals surface area contributed by atoms with Gasteiger partial charge in [0.2, 0.25) is 6.79 Å². The minimum atomic E-state index is 0.292. The Hall–Kier alpha value is -2.99. The average Bonchev–Trinajstić information content (AvgIpc) is 3.33. The van der Waals surface area contributed by atoms with Gasteiger partial charge in [0, 0.05) is 12.1 Å². The predicted molar refractivity (Wildman–Crippen MR) is 99.6 cm³/mol. The number of imidazole rings is 2. The fourth-order valence-electron chi connectivity index (χ4n) is 3.53. The summed E-state index contributed by atoms with van der Waals surface area (Å²) in [5.41, 5.74) is 4.58. The Labute approximate surface area is 151 Å². The van der Waals surface area contributed by atoms with Crippen molar-refractivity contribution in [2.24, 2.45) is 0 Å². The van der Waals surface area contributed by atoms with E-state index >= 15 is 0 Å². The first kappa shape index (κ1) is 15.3. The number of nitrogens with zero attached hydrogens (tertiary/aromatic N) is 3. The fourth-order valence-corrected chi connectivity index (χ4v) is 3.53. The van der Waals surface area contributed by atoms with Crippen molar-refractivity contribution in [3.8, 4) is 22.8 Å². The van der Waals surface area contributed by atoms with E-state index in [0.29, 0.717) is 6.79 Å². The molecule has 0 unspecified atom stereocenters. The number of hydrogen-bond acceptors (Lipinski definition) is 3. The van der Waals surface area contributed by atoms with Crippen LogP contribution in [0.3, 0.4) is 0 Å². The summed E-state index contributed by atoms with van der Waals surface area (Å²) in [6.07, 6.45) is 2.15. The van der Waals surface area contributed by atoms with Gasteiger partial charge in [0.05, 0.1) is 6.54 Å². The van der Waals surface area contributed by atoms with Crippen molar-refractivity contribution in [3.63, 3.8) is 0 Å². The first-order valence-corrected chi connectivity index (χ1v) is 8.77. The van der Waals surface area contributed by atoms with E-state index in [0.717, 1.165) is 41.6 Å². The molecule has 1 N–H and O–H groups in total. The number of likely N-dealkylation sites (N-methyl/N-ethyl adjacent to an activating group) is 1. The Balaban J connectivity index is 1.66. The molecular weight excluding hydrogens is 328 g/mol. The number of aromatic amines is 1. The smallest absolute Gasteiger partial charge is 0.368 e. The lowest BCUT2D eigenvalue weighted by Gasteiger charge is -2.07. The third-order valence-electron chi connectivity index (χ3n) is 4.87. The van der Waals surface area contributed by atoms with E-state index in [1.54, 1.807) is 0 Å². The molecule has 2 aromatic heterocycles. The van der Waals surface area contributed by atoms with Gasteiger partial charge in [-0.3, -0.25) is 0 Å². The molecule has 3 heterocycles. The maximum absolute atomic E-state index is 5.52. The summed E-state index contributed by atoms with van der Waals surface area (Å²) in [5.74, 6) is 2.69. The molecule has 0 aliphatic carbocycles. The highest BCUT2D eigenvalue weighted by Gasteiger charge is 2.22. The van der Waals surface area contributed by atoms with Crippen molar-refractivity contribution in [3.05, 3.63) is 48.7 Å². The Morgan fingerprint density at radius 1 is 1.12 bits per heavy atom. The van der Waals surface area contributed by atoms with E-state index in [1.165, 1.54) is 11.0 Å². The van der Waals surface area contributed by atoms with Crippen LogP contribution >= 0.6 is 0 Å². The summed E-state index contributed by atoms with van der Waals surface area (Å²) in [5, 5.41) is 0.